The summed E-state index contributed by atoms with van der Waals surface area (Å²) in [6.45, 7) is 1.91. The summed E-state index contributed by atoms with van der Waals surface area (Å²) in [5.41, 5.74) is 1.35. The second-order valence-electron chi connectivity index (χ2n) is 4.39. The molecule has 1 atom stereocenters. The SMILES string of the molecule is CC(CC(F)(F)F)c1cc(Cl)ccc1CCNC=O. The third-order valence-electron chi connectivity index (χ3n) is 2.80. The summed E-state index contributed by atoms with van der Waals surface area (Å²) in [5.74, 6) is -0.662. The summed E-state index contributed by atoms with van der Waals surface area (Å²) >= 11 is 5.84. The molecule has 0 aromatic heterocycles. The van der Waals surface area contributed by atoms with E-state index >= 15 is 0 Å². The van der Waals surface area contributed by atoms with Crippen molar-refractivity contribution in [3.05, 3.63) is 34.3 Å². The molecule has 0 saturated heterocycles. The number of hydrogen-bond donors (Lipinski definition) is 1. The number of rotatable bonds is 6. The Morgan fingerprint density at radius 1 is 1.42 bits per heavy atom. The van der Waals surface area contributed by atoms with Crippen LogP contribution in [-0.2, 0) is 11.2 Å². The Kier molecular flexibility index (Phi) is 5.66. The van der Waals surface area contributed by atoms with Crippen molar-refractivity contribution in [2.45, 2.75) is 31.9 Å². The largest absolute Gasteiger partial charge is 0.389 e. The van der Waals surface area contributed by atoms with E-state index in [0.717, 1.165) is 5.56 Å². The number of alkyl halides is 3. The van der Waals surface area contributed by atoms with Crippen LogP contribution >= 0.6 is 11.6 Å². The topological polar surface area (TPSA) is 29.1 Å². The molecule has 0 spiro atoms. The number of halogens is 4. The van der Waals surface area contributed by atoms with Gasteiger partial charge in [0.25, 0.3) is 0 Å². The van der Waals surface area contributed by atoms with Crippen LogP contribution in [0.1, 0.15) is 30.4 Å². The van der Waals surface area contributed by atoms with Gasteiger partial charge in [-0.1, -0.05) is 24.6 Å². The molecular weight excluding hydrogens is 279 g/mol. The summed E-state index contributed by atoms with van der Waals surface area (Å²) in [5, 5.41) is 2.90. The van der Waals surface area contributed by atoms with Gasteiger partial charge in [-0.2, -0.15) is 13.2 Å². The van der Waals surface area contributed by atoms with Crippen LogP contribution in [-0.4, -0.2) is 19.1 Å². The number of amides is 1. The van der Waals surface area contributed by atoms with Crippen molar-refractivity contribution in [2.75, 3.05) is 6.54 Å². The fourth-order valence-corrected chi connectivity index (χ4v) is 2.16. The lowest BCUT2D eigenvalue weighted by Gasteiger charge is -2.18. The molecule has 19 heavy (non-hydrogen) atoms. The summed E-state index contributed by atoms with van der Waals surface area (Å²) in [4.78, 5) is 10.2. The molecule has 0 saturated carbocycles. The van der Waals surface area contributed by atoms with E-state index < -0.39 is 18.5 Å². The van der Waals surface area contributed by atoms with Crippen LogP contribution in [0.15, 0.2) is 18.2 Å². The van der Waals surface area contributed by atoms with Crippen LogP contribution in [0.5, 0.6) is 0 Å². The van der Waals surface area contributed by atoms with Gasteiger partial charge < -0.3 is 5.32 Å². The van der Waals surface area contributed by atoms with Crippen molar-refractivity contribution in [3.63, 3.8) is 0 Å². The van der Waals surface area contributed by atoms with Crippen LogP contribution in [0.25, 0.3) is 0 Å². The first kappa shape index (κ1) is 15.8. The van der Waals surface area contributed by atoms with Crippen LogP contribution in [0.4, 0.5) is 13.2 Å². The van der Waals surface area contributed by atoms with Crippen molar-refractivity contribution in [1.29, 1.82) is 0 Å². The highest BCUT2D eigenvalue weighted by Gasteiger charge is 2.31. The summed E-state index contributed by atoms with van der Waals surface area (Å²) in [6.07, 6.45) is -4.05. The Balaban J connectivity index is 2.89. The van der Waals surface area contributed by atoms with Crippen molar-refractivity contribution < 1.29 is 18.0 Å². The Bertz CT molecular complexity index is 434. The van der Waals surface area contributed by atoms with Gasteiger partial charge in [-0.15, -0.1) is 0 Å². The van der Waals surface area contributed by atoms with E-state index in [4.69, 9.17) is 11.6 Å². The van der Waals surface area contributed by atoms with Crippen molar-refractivity contribution in [3.8, 4) is 0 Å². The number of benzene rings is 1. The molecule has 106 valence electrons. The minimum Gasteiger partial charge on any atom is -0.358 e. The van der Waals surface area contributed by atoms with Gasteiger partial charge in [0.05, 0.1) is 6.42 Å². The predicted octanol–water partition coefficient (Wildman–Crippen LogP) is 3.68. The van der Waals surface area contributed by atoms with E-state index in [9.17, 15) is 18.0 Å². The Morgan fingerprint density at radius 3 is 2.68 bits per heavy atom. The minimum atomic E-state index is -4.21. The molecule has 0 aliphatic rings. The third kappa shape index (κ3) is 5.51. The maximum atomic E-state index is 12.4. The molecule has 2 nitrogen and oxygen atoms in total. The molecule has 0 aliphatic carbocycles. The molecule has 1 rings (SSSR count). The summed E-state index contributed by atoms with van der Waals surface area (Å²) < 4.78 is 37.3. The van der Waals surface area contributed by atoms with Gasteiger partial charge in [0.1, 0.15) is 0 Å². The average Bonchev–Trinajstić information content (AvgIpc) is 2.29. The average molecular weight is 294 g/mol. The number of carbonyl (C=O) groups is 1. The fraction of sp³-hybridized carbons (Fsp3) is 0.462. The van der Waals surface area contributed by atoms with Crippen LogP contribution in [0.2, 0.25) is 5.02 Å². The lowest BCUT2D eigenvalue weighted by molar-refractivity contribution is -0.137. The van der Waals surface area contributed by atoms with Gasteiger partial charge in [-0.05, 0) is 35.6 Å². The second-order valence-corrected chi connectivity index (χ2v) is 4.82. The highest BCUT2D eigenvalue weighted by molar-refractivity contribution is 6.30. The lowest BCUT2D eigenvalue weighted by atomic mass is 9.91. The van der Waals surface area contributed by atoms with Crippen LogP contribution in [0.3, 0.4) is 0 Å². The van der Waals surface area contributed by atoms with Gasteiger partial charge in [-0.3, -0.25) is 4.79 Å². The van der Waals surface area contributed by atoms with Crippen LogP contribution < -0.4 is 5.32 Å². The summed E-state index contributed by atoms with van der Waals surface area (Å²) in [6, 6.07) is 4.91. The first-order chi connectivity index (χ1) is 8.83. The molecule has 1 unspecified atom stereocenters. The van der Waals surface area contributed by atoms with E-state index in [1.54, 1.807) is 18.2 Å². The van der Waals surface area contributed by atoms with Crippen molar-refractivity contribution in [1.82, 2.24) is 5.32 Å². The number of nitrogens with one attached hydrogen (secondary N) is 1. The molecule has 1 amide bonds. The van der Waals surface area contributed by atoms with Gasteiger partial charge in [0, 0.05) is 11.6 Å². The van der Waals surface area contributed by atoms with E-state index in [1.165, 1.54) is 6.92 Å². The van der Waals surface area contributed by atoms with E-state index in [-0.39, 0.29) is 0 Å². The highest BCUT2D eigenvalue weighted by Crippen LogP contribution is 2.33. The standard InChI is InChI=1S/C13H15ClF3NO/c1-9(7-13(15,16)17)12-6-11(14)3-2-10(12)4-5-18-8-19/h2-3,6,8-9H,4-5,7H2,1H3,(H,18,19). The minimum absolute atomic E-state index is 0.386. The van der Waals surface area contributed by atoms with Gasteiger partial charge in [-0.25, -0.2) is 0 Å². The number of hydrogen-bond acceptors (Lipinski definition) is 1. The Morgan fingerprint density at radius 2 is 2.11 bits per heavy atom. The van der Waals surface area contributed by atoms with Crippen molar-refractivity contribution >= 4 is 18.0 Å². The van der Waals surface area contributed by atoms with Gasteiger partial charge in [0.2, 0.25) is 6.41 Å². The third-order valence-corrected chi connectivity index (χ3v) is 3.03. The van der Waals surface area contributed by atoms with Crippen LogP contribution in [0, 0.1) is 0 Å². The molecule has 0 heterocycles. The smallest absolute Gasteiger partial charge is 0.358 e. The van der Waals surface area contributed by atoms with Crippen molar-refractivity contribution in [2.24, 2.45) is 0 Å². The zero-order valence-electron chi connectivity index (χ0n) is 10.4. The van der Waals surface area contributed by atoms with E-state index in [1.807, 2.05) is 0 Å². The first-order valence-corrected chi connectivity index (χ1v) is 6.23. The normalized spacial score (nSPS) is 13.1. The number of carbonyl (C=O) groups excluding carboxylic acids is 1. The maximum Gasteiger partial charge on any atom is 0.389 e. The Hall–Kier alpha value is -1.23. The molecule has 0 bridgehead atoms. The molecule has 0 radical (unpaired) electrons. The molecule has 6 heteroatoms. The zero-order chi connectivity index (χ0) is 14.5. The molecule has 1 aromatic rings. The Labute approximate surface area is 114 Å². The lowest BCUT2D eigenvalue weighted by Crippen LogP contribution is -2.17. The monoisotopic (exact) mass is 293 g/mol. The van der Waals surface area contributed by atoms with Gasteiger partial charge in [0.15, 0.2) is 0 Å². The molecule has 1 N–H and O–H groups in total. The maximum absolute atomic E-state index is 12.4. The first-order valence-electron chi connectivity index (χ1n) is 5.85. The molecule has 0 fully saturated rings. The zero-order valence-corrected chi connectivity index (χ0v) is 11.2. The molecule has 0 aliphatic heterocycles. The quantitative estimate of drug-likeness (QED) is 0.629. The van der Waals surface area contributed by atoms with E-state index in [0.29, 0.717) is 30.0 Å². The molecule has 1 aromatic carbocycles. The van der Waals surface area contributed by atoms with Gasteiger partial charge >= 0.3 is 6.18 Å². The highest BCUT2D eigenvalue weighted by atomic mass is 35.5. The fourth-order valence-electron chi connectivity index (χ4n) is 1.98. The van der Waals surface area contributed by atoms with E-state index in [2.05, 4.69) is 5.32 Å². The summed E-state index contributed by atoms with van der Waals surface area (Å²) in [7, 11) is 0. The molecular formula is C13H15ClF3NO. The predicted molar refractivity (Wildman–Crippen MR) is 68.3 cm³/mol. The second kappa shape index (κ2) is 6.80.